The summed E-state index contributed by atoms with van der Waals surface area (Å²) in [6.45, 7) is 3.55. The summed E-state index contributed by atoms with van der Waals surface area (Å²) < 4.78 is 51.3. The van der Waals surface area contributed by atoms with Crippen LogP contribution in [0.2, 0.25) is 0 Å². The van der Waals surface area contributed by atoms with Crippen molar-refractivity contribution in [1.82, 2.24) is 10.3 Å². The smallest absolute Gasteiger partial charge is 0.305 e. The van der Waals surface area contributed by atoms with E-state index in [0.717, 1.165) is 0 Å². The van der Waals surface area contributed by atoms with E-state index < -0.39 is 21.7 Å². The quantitative estimate of drug-likeness (QED) is 0.297. The highest BCUT2D eigenvalue weighted by atomic mass is 32.2. The highest BCUT2D eigenvalue weighted by Crippen LogP contribution is 2.35. The number of hydrogen-bond acceptors (Lipinski definition) is 7. The van der Waals surface area contributed by atoms with Gasteiger partial charge in [-0.15, -0.1) is 0 Å². The van der Waals surface area contributed by atoms with Crippen molar-refractivity contribution in [1.29, 1.82) is 0 Å². The van der Waals surface area contributed by atoms with Crippen molar-refractivity contribution >= 4 is 38.8 Å². The van der Waals surface area contributed by atoms with E-state index in [-0.39, 0.29) is 41.0 Å². The van der Waals surface area contributed by atoms with E-state index in [1.54, 1.807) is 13.0 Å². The summed E-state index contributed by atoms with van der Waals surface area (Å²) in [7, 11) is -2.17. The lowest BCUT2D eigenvalue weighted by Gasteiger charge is -2.11. The molecule has 0 unspecified atom stereocenters. The zero-order chi connectivity index (χ0) is 25.6. The molecular formula is C24H28FN3O6S. The minimum Gasteiger partial charge on any atom is -0.466 e. The molecule has 11 heteroatoms. The molecule has 0 saturated carbocycles. The van der Waals surface area contributed by atoms with E-state index in [1.165, 1.54) is 38.2 Å². The highest BCUT2D eigenvalue weighted by molar-refractivity contribution is 7.92. The molecule has 1 amide bonds. The van der Waals surface area contributed by atoms with E-state index in [0.29, 0.717) is 42.4 Å². The lowest BCUT2D eigenvalue weighted by atomic mass is 10.0. The number of unbranched alkanes of at least 4 members (excludes halogenated alkanes) is 1. The van der Waals surface area contributed by atoms with Gasteiger partial charge in [-0.25, -0.2) is 12.8 Å². The predicted octanol–water partition coefficient (Wildman–Crippen LogP) is 4.03. The molecule has 0 aliphatic carbocycles. The summed E-state index contributed by atoms with van der Waals surface area (Å²) in [5, 5.41) is 2.97. The summed E-state index contributed by atoms with van der Waals surface area (Å²) in [5.41, 5.74) is 1.29. The molecular weight excluding hydrogens is 477 g/mol. The normalized spacial score (nSPS) is 11.4. The summed E-state index contributed by atoms with van der Waals surface area (Å²) in [6.07, 6.45) is 1.73. The molecule has 2 aromatic heterocycles. The van der Waals surface area contributed by atoms with Crippen LogP contribution in [0.1, 0.15) is 49.0 Å². The zero-order valence-electron chi connectivity index (χ0n) is 19.8. The van der Waals surface area contributed by atoms with Gasteiger partial charge in [0.05, 0.1) is 23.3 Å². The van der Waals surface area contributed by atoms with Gasteiger partial charge in [0.15, 0.2) is 0 Å². The number of esters is 1. The number of aromatic nitrogens is 1. The molecule has 0 spiro atoms. The average Bonchev–Trinajstić information content (AvgIpc) is 3.19. The summed E-state index contributed by atoms with van der Waals surface area (Å²) in [6, 6.07) is 7.13. The van der Waals surface area contributed by atoms with E-state index in [1.807, 2.05) is 0 Å². The number of nitrogens with one attached hydrogen (secondary N) is 2. The molecule has 0 fully saturated rings. The van der Waals surface area contributed by atoms with Gasteiger partial charge in [-0.05, 0) is 69.0 Å². The van der Waals surface area contributed by atoms with Crippen LogP contribution in [0.4, 0.5) is 10.2 Å². The number of hydrogen-bond donors (Lipinski definition) is 2. The van der Waals surface area contributed by atoms with Crippen molar-refractivity contribution < 1.29 is 31.6 Å². The molecule has 0 atom stereocenters. The number of carbonyl (C=O) groups excluding carboxylic acids is 2. The van der Waals surface area contributed by atoms with Crippen molar-refractivity contribution in [3.05, 3.63) is 47.3 Å². The zero-order valence-corrected chi connectivity index (χ0v) is 20.6. The number of furan rings is 1. The summed E-state index contributed by atoms with van der Waals surface area (Å²) in [4.78, 5) is 28.8. The first kappa shape index (κ1) is 26.1. The van der Waals surface area contributed by atoms with Crippen LogP contribution >= 0.6 is 0 Å². The maximum Gasteiger partial charge on any atom is 0.305 e. The van der Waals surface area contributed by atoms with E-state index in [2.05, 4.69) is 15.0 Å². The molecule has 2 N–H and O–H groups in total. The Morgan fingerprint density at radius 3 is 2.49 bits per heavy atom. The molecule has 3 aromatic rings. The van der Waals surface area contributed by atoms with Crippen molar-refractivity contribution in [2.75, 3.05) is 24.1 Å². The number of carbonyl (C=O) groups is 2. The third kappa shape index (κ3) is 6.36. The average molecular weight is 506 g/mol. The van der Waals surface area contributed by atoms with Gasteiger partial charge in [0.2, 0.25) is 15.7 Å². The van der Waals surface area contributed by atoms with Crippen molar-refractivity contribution in [2.45, 2.75) is 39.5 Å². The van der Waals surface area contributed by atoms with Crippen LogP contribution in [0.5, 0.6) is 0 Å². The van der Waals surface area contributed by atoms with Crippen LogP contribution in [0.25, 0.3) is 22.4 Å². The number of amides is 1. The van der Waals surface area contributed by atoms with Gasteiger partial charge in [-0.3, -0.25) is 14.3 Å². The maximum absolute atomic E-state index is 13.5. The second kappa shape index (κ2) is 11.3. The lowest BCUT2D eigenvalue weighted by Crippen LogP contribution is -2.19. The van der Waals surface area contributed by atoms with E-state index in [4.69, 9.17) is 9.15 Å². The first-order valence-electron chi connectivity index (χ1n) is 11.3. The monoisotopic (exact) mass is 505 g/mol. The minimum absolute atomic E-state index is 0.0620. The first-order valence-corrected chi connectivity index (χ1v) is 12.9. The molecule has 1 aromatic carbocycles. The molecule has 0 aliphatic heterocycles. The number of pyridine rings is 1. The number of fused-ring (bicyclic) bond motifs is 1. The fourth-order valence-electron chi connectivity index (χ4n) is 3.54. The number of benzene rings is 1. The van der Waals surface area contributed by atoms with Gasteiger partial charge < -0.3 is 14.5 Å². The molecule has 0 radical (unpaired) electrons. The Morgan fingerprint density at radius 1 is 1.14 bits per heavy atom. The molecule has 35 heavy (non-hydrogen) atoms. The van der Waals surface area contributed by atoms with Crippen molar-refractivity contribution in [3.8, 4) is 11.3 Å². The maximum atomic E-state index is 13.5. The Kier molecular flexibility index (Phi) is 8.44. The van der Waals surface area contributed by atoms with Gasteiger partial charge in [-0.2, -0.15) is 4.98 Å². The predicted molar refractivity (Wildman–Crippen MR) is 130 cm³/mol. The lowest BCUT2D eigenvalue weighted by molar-refractivity contribution is -0.143. The fraction of sp³-hybridized carbons (Fsp3) is 0.375. The second-order valence-electron chi connectivity index (χ2n) is 7.76. The van der Waals surface area contributed by atoms with Crippen LogP contribution in [0, 0.1) is 5.82 Å². The van der Waals surface area contributed by atoms with Gasteiger partial charge in [0.25, 0.3) is 5.91 Å². The Labute approximate surface area is 203 Å². The molecule has 2 heterocycles. The SMILES string of the molecule is CCOC(=O)CCCCc1cc2c(C(=O)NC)c(-c3ccc(F)cc3)oc2nc1NS(=O)(=O)CC. The number of halogens is 1. The first-order chi connectivity index (χ1) is 16.7. The third-order valence-corrected chi connectivity index (χ3v) is 6.60. The molecule has 0 bridgehead atoms. The molecule has 9 nitrogen and oxygen atoms in total. The van der Waals surface area contributed by atoms with Crippen molar-refractivity contribution in [2.24, 2.45) is 0 Å². The van der Waals surface area contributed by atoms with Crippen LogP contribution < -0.4 is 10.0 Å². The Balaban J connectivity index is 2.07. The van der Waals surface area contributed by atoms with Gasteiger partial charge in [0.1, 0.15) is 17.4 Å². The molecule has 188 valence electrons. The minimum atomic E-state index is -3.65. The van der Waals surface area contributed by atoms with Gasteiger partial charge in [-0.1, -0.05) is 0 Å². The molecule has 0 aliphatic rings. The van der Waals surface area contributed by atoms with Crippen molar-refractivity contribution in [3.63, 3.8) is 0 Å². The molecule has 3 rings (SSSR count). The topological polar surface area (TPSA) is 128 Å². The number of sulfonamides is 1. The van der Waals surface area contributed by atoms with Crippen LogP contribution in [0.3, 0.4) is 0 Å². The van der Waals surface area contributed by atoms with Crippen LogP contribution in [-0.2, 0) is 26.0 Å². The number of rotatable bonds is 11. The summed E-state index contributed by atoms with van der Waals surface area (Å²) >= 11 is 0. The Morgan fingerprint density at radius 2 is 1.86 bits per heavy atom. The van der Waals surface area contributed by atoms with Gasteiger partial charge >= 0.3 is 5.97 Å². The van der Waals surface area contributed by atoms with Crippen LogP contribution in [-0.4, -0.2) is 44.7 Å². The largest absolute Gasteiger partial charge is 0.466 e. The van der Waals surface area contributed by atoms with Crippen LogP contribution in [0.15, 0.2) is 34.7 Å². The number of ether oxygens (including phenoxy) is 1. The Hall–Kier alpha value is -3.47. The van der Waals surface area contributed by atoms with E-state index in [9.17, 15) is 22.4 Å². The number of aryl methyl sites for hydroxylation is 1. The third-order valence-electron chi connectivity index (χ3n) is 5.34. The standard InChI is InChI=1S/C24H28FN3O6S/c1-4-33-19(29)9-7-6-8-16-14-18-20(23(30)26-3)21(15-10-12-17(25)13-11-15)34-24(18)27-22(16)28-35(31,32)5-2/h10-14H,4-9H2,1-3H3,(H,26,30)(H,27,28). The molecule has 0 saturated heterocycles. The highest BCUT2D eigenvalue weighted by Gasteiger charge is 2.25. The number of anilines is 1. The Bertz CT molecular complexity index is 1320. The summed E-state index contributed by atoms with van der Waals surface area (Å²) in [5.74, 6) is -1.04. The van der Waals surface area contributed by atoms with Gasteiger partial charge in [0, 0.05) is 19.0 Å². The van der Waals surface area contributed by atoms with E-state index >= 15 is 0 Å². The fourth-order valence-corrected chi connectivity index (χ4v) is 4.15. The number of nitrogens with zero attached hydrogens (tertiary/aromatic N) is 1. The second-order valence-corrected chi connectivity index (χ2v) is 9.77.